The maximum absolute atomic E-state index is 13.6. The number of carboxylic acid groups (broad SMARTS) is 1. The van der Waals surface area contributed by atoms with Gasteiger partial charge in [-0.05, 0) is 66.7 Å². The van der Waals surface area contributed by atoms with Gasteiger partial charge in [-0.3, -0.25) is 24.2 Å². The second-order valence-electron chi connectivity index (χ2n) is 8.38. The zero-order valence-electron chi connectivity index (χ0n) is 19.8. The lowest BCUT2D eigenvalue weighted by Gasteiger charge is -2.10. The fourth-order valence-corrected chi connectivity index (χ4v) is 4.13. The molecule has 0 saturated heterocycles. The molecule has 2 heterocycles. The van der Waals surface area contributed by atoms with Gasteiger partial charge in [-0.2, -0.15) is 13.2 Å². The van der Waals surface area contributed by atoms with Gasteiger partial charge in [-0.1, -0.05) is 12.1 Å². The molecule has 2 aromatic heterocycles. The highest BCUT2D eigenvalue weighted by molar-refractivity contribution is 6.04. The first-order valence-corrected chi connectivity index (χ1v) is 11.4. The van der Waals surface area contributed by atoms with E-state index in [0.29, 0.717) is 28.1 Å². The molecule has 3 aromatic carbocycles. The minimum Gasteiger partial charge on any atom is -0.465 e. The van der Waals surface area contributed by atoms with Crippen molar-refractivity contribution in [3.05, 3.63) is 113 Å². The number of halogens is 3. The molecule has 0 atom stereocenters. The van der Waals surface area contributed by atoms with E-state index in [1.165, 1.54) is 45.8 Å². The van der Waals surface area contributed by atoms with Crippen LogP contribution in [-0.2, 0) is 6.18 Å². The number of amides is 2. The number of carbonyl (C=O) groups is 2. The van der Waals surface area contributed by atoms with Crippen LogP contribution in [0.3, 0.4) is 0 Å². The summed E-state index contributed by atoms with van der Waals surface area (Å²) >= 11 is 0. The third-order valence-corrected chi connectivity index (χ3v) is 5.83. The fraction of sp³-hybridized carbons (Fsp3) is 0.0370. The van der Waals surface area contributed by atoms with E-state index in [9.17, 15) is 27.6 Å². The predicted molar refractivity (Wildman–Crippen MR) is 138 cm³/mol. The Morgan fingerprint density at radius 2 is 1.51 bits per heavy atom. The summed E-state index contributed by atoms with van der Waals surface area (Å²) in [6, 6.07) is 18.3. The van der Waals surface area contributed by atoms with Crippen molar-refractivity contribution < 1.29 is 27.9 Å². The molecule has 0 unspecified atom stereocenters. The summed E-state index contributed by atoms with van der Waals surface area (Å²) in [5.41, 5.74) is 0.902. The van der Waals surface area contributed by atoms with E-state index in [-0.39, 0.29) is 11.3 Å². The van der Waals surface area contributed by atoms with Gasteiger partial charge in [0, 0.05) is 23.1 Å². The van der Waals surface area contributed by atoms with Crippen molar-refractivity contribution >= 4 is 34.4 Å². The zero-order valence-corrected chi connectivity index (χ0v) is 19.8. The molecular weight excluding hydrogens is 515 g/mol. The number of rotatable bonds is 5. The first kappa shape index (κ1) is 25.3. The first-order chi connectivity index (χ1) is 18.6. The molecule has 5 aromatic rings. The molecule has 0 bridgehead atoms. The topological polar surface area (TPSA) is 118 Å². The number of benzene rings is 3. The lowest BCUT2D eigenvalue weighted by atomic mass is 10.1. The van der Waals surface area contributed by atoms with Gasteiger partial charge in [0.15, 0.2) is 0 Å². The van der Waals surface area contributed by atoms with E-state index in [1.807, 2.05) is 0 Å². The first-order valence-electron chi connectivity index (χ1n) is 11.4. The molecule has 0 aliphatic heterocycles. The molecule has 0 aliphatic carbocycles. The van der Waals surface area contributed by atoms with Gasteiger partial charge in [-0.15, -0.1) is 0 Å². The van der Waals surface area contributed by atoms with E-state index in [2.05, 4.69) is 15.6 Å². The molecule has 9 nitrogen and oxygen atoms in total. The Kier molecular flexibility index (Phi) is 6.36. The maximum atomic E-state index is 13.6. The average Bonchev–Trinajstić information content (AvgIpc) is 3.20. The van der Waals surface area contributed by atoms with Crippen molar-refractivity contribution in [2.24, 2.45) is 0 Å². The highest BCUT2D eigenvalue weighted by atomic mass is 19.4. The molecule has 0 saturated carbocycles. The predicted octanol–water partition coefficient (Wildman–Crippen LogP) is 5.54. The van der Waals surface area contributed by atoms with Crippen LogP contribution in [0.25, 0.3) is 22.4 Å². The van der Waals surface area contributed by atoms with Gasteiger partial charge < -0.3 is 10.4 Å². The molecule has 12 heteroatoms. The highest BCUT2D eigenvalue weighted by Gasteiger charge is 2.31. The van der Waals surface area contributed by atoms with Gasteiger partial charge in [-0.25, -0.2) is 9.59 Å². The summed E-state index contributed by atoms with van der Waals surface area (Å²) in [7, 11) is 0. The second kappa shape index (κ2) is 9.82. The molecule has 5 rings (SSSR count). The number of anilines is 2. The van der Waals surface area contributed by atoms with Crippen LogP contribution in [0.5, 0.6) is 0 Å². The van der Waals surface area contributed by atoms with E-state index >= 15 is 0 Å². The largest absolute Gasteiger partial charge is 0.465 e. The van der Waals surface area contributed by atoms with Crippen molar-refractivity contribution in [3.63, 3.8) is 0 Å². The Labute approximate surface area is 217 Å². The van der Waals surface area contributed by atoms with Crippen LogP contribution in [0.2, 0.25) is 0 Å². The standard InChI is InChI=1S/C27H18F3N5O4/c28-27(29,30)17-4-1-3-16(13-17)24(36)32-18-7-9-20(10-8-18)34-23-15-31-12-11-22(23)35(26(34)39)21-6-2-5-19(14-21)33-25(37)38/h1-15,33H,(H,32,36)(H,37,38). The van der Waals surface area contributed by atoms with Crippen LogP contribution < -0.4 is 16.3 Å². The SMILES string of the molecule is O=C(O)Nc1cccc(-n2c(=O)n(-c3ccc(NC(=O)c4cccc(C(F)(F)F)c4)cc3)c3cnccc32)c1. The number of nitrogens with zero attached hydrogens (tertiary/aromatic N) is 3. The fourth-order valence-electron chi connectivity index (χ4n) is 4.13. The van der Waals surface area contributed by atoms with Crippen LogP contribution in [0.15, 0.2) is 96.1 Å². The van der Waals surface area contributed by atoms with Crippen molar-refractivity contribution in [3.8, 4) is 11.4 Å². The Morgan fingerprint density at radius 3 is 2.23 bits per heavy atom. The summed E-state index contributed by atoms with van der Waals surface area (Å²) in [4.78, 5) is 41.3. The van der Waals surface area contributed by atoms with E-state index in [0.717, 1.165) is 18.2 Å². The number of alkyl halides is 3. The quantitative estimate of drug-likeness (QED) is 0.274. The van der Waals surface area contributed by atoms with Gasteiger partial charge in [0.05, 0.1) is 34.2 Å². The number of carbonyl (C=O) groups excluding carboxylic acids is 1. The smallest absolute Gasteiger partial charge is 0.416 e. The number of fused-ring (bicyclic) bond motifs is 1. The van der Waals surface area contributed by atoms with Crippen LogP contribution >= 0.6 is 0 Å². The molecule has 3 N–H and O–H groups in total. The molecule has 0 fully saturated rings. The highest BCUT2D eigenvalue weighted by Crippen LogP contribution is 2.30. The number of pyridine rings is 1. The molecule has 0 aliphatic rings. The van der Waals surface area contributed by atoms with Crippen LogP contribution in [0.4, 0.5) is 29.3 Å². The van der Waals surface area contributed by atoms with Gasteiger partial charge in [0.2, 0.25) is 0 Å². The van der Waals surface area contributed by atoms with Gasteiger partial charge >= 0.3 is 18.0 Å². The van der Waals surface area contributed by atoms with Crippen molar-refractivity contribution in [2.45, 2.75) is 6.18 Å². The lowest BCUT2D eigenvalue weighted by Crippen LogP contribution is -2.22. The minimum atomic E-state index is -4.58. The second-order valence-corrected chi connectivity index (χ2v) is 8.38. The average molecular weight is 533 g/mol. The molecule has 196 valence electrons. The third-order valence-electron chi connectivity index (χ3n) is 5.83. The van der Waals surface area contributed by atoms with E-state index in [1.54, 1.807) is 36.4 Å². The lowest BCUT2D eigenvalue weighted by molar-refractivity contribution is -0.137. The van der Waals surface area contributed by atoms with Crippen LogP contribution in [0, 0.1) is 0 Å². The number of imidazole rings is 1. The third kappa shape index (κ3) is 5.07. The van der Waals surface area contributed by atoms with E-state index in [4.69, 9.17) is 5.11 Å². The molecule has 39 heavy (non-hydrogen) atoms. The molecule has 2 amide bonds. The summed E-state index contributed by atoms with van der Waals surface area (Å²) in [5, 5.41) is 13.8. The minimum absolute atomic E-state index is 0.154. The Balaban J connectivity index is 1.48. The number of hydrogen-bond donors (Lipinski definition) is 3. The molecule has 0 spiro atoms. The van der Waals surface area contributed by atoms with Gasteiger partial charge in [0.1, 0.15) is 0 Å². The summed E-state index contributed by atoms with van der Waals surface area (Å²) in [6.45, 7) is 0. The molecule has 0 radical (unpaired) electrons. The Morgan fingerprint density at radius 1 is 0.795 bits per heavy atom. The number of aromatic nitrogens is 3. The van der Waals surface area contributed by atoms with Crippen molar-refractivity contribution in [1.82, 2.24) is 14.1 Å². The Bertz CT molecular complexity index is 1780. The van der Waals surface area contributed by atoms with E-state index < -0.39 is 29.4 Å². The molecular formula is C27H18F3N5O4. The Hall–Kier alpha value is -5.39. The van der Waals surface area contributed by atoms with Crippen LogP contribution in [-0.4, -0.2) is 31.2 Å². The summed E-state index contributed by atoms with van der Waals surface area (Å²) in [5.74, 6) is -0.721. The van der Waals surface area contributed by atoms with Gasteiger partial charge in [0.25, 0.3) is 5.91 Å². The van der Waals surface area contributed by atoms with Crippen molar-refractivity contribution in [2.75, 3.05) is 10.6 Å². The normalized spacial score (nSPS) is 11.4. The van der Waals surface area contributed by atoms with Crippen LogP contribution in [0.1, 0.15) is 15.9 Å². The summed E-state index contributed by atoms with van der Waals surface area (Å²) < 4.78 is 41.8. The number of nitrogens with one attached hydrogen (secondary N) is 2. The number of hydrogen-bond acceptors (Lipinski definition) is 4. The zero-order chi connectivity index (χ0) is 27.7. The summed E-state index contributed by atoms with van der Waals surface area (Å²) in [6.07, 6.45) is -2.79. The monoisotopic (exact) mass is 533 g/mol. The van der Waals surface area contributed by atoms with Crippen molar-refractivity contribution in [1.29, 1.82) is 0 Å². The maximum Gasteiger partial charge on any atom is 0.416 e.